The molecule has 0 fully saturated rings. The van der Waals surface area contributed by atoms with E-state index < -0.39 is 0 Å². The highest BCUT2D eigenvalue weighted by Gasteiger charge is 2.29. The van der Waals surface area contributed by atoms with Crippen LogP contribution in [0.15, 0.2) is 83.5 Å². The third kappa shape index (κ3) is 4.56. The molecule has 0 saturated carbocycles. The number of hydrogen-bond acceptors (Lipinski definition) is 3. The quantitative estimate of drug-likeness (QED) is 0.435. The maximum absolute atomic E-state index is 12.9. The van der Waals surface area contributed by atoms with Gasteiger partial charge in [0.1, 0.15) is 12.4 Å². The molecule has 30 heavy (non-hydrogen) atoms. The average Bonchev–Trinajstić information content (AvgIpc) is 3.02. The predicted molar refractivity (Wildman–Crippen MR) is 122 cm³/mol. The van der Waals surface area contributed by atoms with E-state index in [4.69, 9.17) is 27.9 Å². The summed E-state index contributed by atoms with van der Waals surface area (Å²) in [5, 5.41) is 6.58. The number of carbonyl (C=O) groups is 1. The Morgan fingerprint density at radius 1 is 0.967 bits per heavy atom. The molecular formula is C24H18Cl2N2O2. The van der Waals surface area contributed by atoms with Gasteiger partial charge in [-0.15, -0.1) is 0 Å². The van der Waals surface area contributed by atoms with Crippen molar-refractivity contribution in [2.45, 2.75) is 13.5 Å². The van der Waals surface area contributed by atoms with Gasteiger partial charge in [0.05, 0.1) is 17.0 Å². The molecule has 1 heterocycles. The summed E-state index contributed by atoms with van der Waals surface area (Å²) in [6, 6.07) is 22.5. The lowest BCUT2D eigenvalue weighted by molar-refractivity contribution is -0.114. The summed E-state index contributed by atoms with van der Waals surface area (Å²) in [5.74, 6) is 0.537. The molecule has 0 aliphatic carbocycles. The van der Waals surface area contributed by atoms with Crippen LogP contribution in [0.25, 0.3) is 6.08 Å². The van der Waals surface area contributed by atoms with Crippen LogP contribution in [0.4, 0.5) is 5.69 Å². The number of amides is 1. The van der Waals surface area contributed by atoms with Crippen molar-refractivity contribution in [3.63, 3.8) is 0 Å². The number of hydrogen-bond donors (Lipinski definition) is 0. The Morgan fingerprint density at radius 2 is 1.63 bits per heavy atom. The molecule has 0 aromatic heterocycles. The first-order valence-corrected chi connectivity index (χ1v) is 10.1. The van der Waals surface area contributed by atoms with E-state index in [1.54, 1.807) is 25.1 Å². The van der Waals surface area contributed by atoms with Crippen LogP contribution < -0.4 is 9.75 Å². The number of hydrazone groups is 1. The molecule has 150 valence electrons. The molecule has 0 unspecified atom stereocenters. The van der Waals surface area contributed by atoms with Gasteiger partial charge in [0, 0.05) is 10.0 Å². The lowest BCUT2D eigenvalue weighted by Gasteiger charge is -2.12. The van der Waals surface area contributed by atoms with E-state index in [0.29, 0.717) is 33.6 Å². The van der Waals surface area contributed by atoms with Crippen LogP contribution in [0.5, 0.6) is 5.75 Å². The van der Waals surface area contributed by atoms with E-state index in [0.717, 1.165) is 16.9 Å². The molecule has 4 rings (SSSR count). The van der Waals surface area contributed by atoms with Crippen molar-refractivity contribution >= 4 is 46.6 Å². The normalized spacial score (nSPS) is 14.9. The predicted octanol–water partition coefficient (Wildman–Crippen LogP) is 6.38. The fourth-order valence-electron chi connectivity index (χ4n) is 3.09. The third-order valence-corrected chi connectivity index (χ3v) is 5.03. The molecule has 1 amide bonds. The molecule has 3 aromatic rings. The minimum atomic E-state index is -0.227. The van der Waals surface area contributed by atoms with Crippen LogP contribution in [0, 0.1) is 0 Å². The van der Waals surface area contributed by atoms with Gasteiger partial charge in [0.2, 0.25) is 0 Å². The van der Waals surface area contributed by atoms with Crippen LogP contribution >= 0.6 is 23.2 Å². The average molecular weight is 437 g/mol. The lowest BCUT2D eigenvalue weighted by atomic mass is 10.1. The molecule has 4 nitrogen and oxygen atoms in total. The maximum Gasteiger partial charge on any atom is 0.280 e. The highest BCUT2D eigenvalue weighted by Crippen LogP contribution is 2.30. The van der Waals surface area contributed by atoms with Crippen molar-refractivity contribution in [3.8, 4) is 5.75 Å². The summed E-state index contributed by atoms with van der Waals surface area (Å²) in [6.45, 7) is 2.30. The highest BCUT2D eigenvalue weighted by atomic mass is 35.5. The number of ether oxygens (including phenoxy) is 1. The van der Waals surface area contributed by atoms with Gasteiger partial charge in [-0.3, -0.25) is 4.79 Å². The fraction of sp³-hybridized carbons (Fsp3) is 0.0833. The van der Waals surface area contributed by atoms with Crippen molar-refractivity contribution in [1.29, 1.82) is 0 Å². The smallest absolute Gasteiger partial charge is 0.280 e. The Hall–Kier alpha value is -3.08. The largest absolute Gasteiger partial charge is 0.489 e. The van der Waals surface area contributed by atoms with Crippen molar-refractivity contribution in [2.75, 3.05) is 5.01 Å². The Morgan fingerprint density at radius 3 is 2.30 bits per heavy atom. The highest BCUT2D eigenvalue weighted by molar-refractivity contribution is 6.36. The van der Waals surface area contributed by atoms with Gasteiger partial charge in [-0.1, -0.05) is 65.7 Å². The zero-order valence-corrected chi connectivity index (χ0v) is 17.7. The molecule has 6 heteroatoms. The standard InChI is InChI=1S/C24H18Cl2N2O2/c1-16-23(24(29)28(27-16)21-13-19(25)12-20(26)14-21)11-17-7-9-22(10-8-17)30-15-18-5-3-2-4-6-18/h2-14H,15H2,1H3/b23-11+. The Balaban J connectivity index is 1.49. The molecule has 0 atom stereocenters. The van der Waals surface area contributed by atoms with Gasteiger partial charge in [-0.2, -0.15) is 10.1 Å². The number of carbonyl (C=O) groups excluding carboxylic acids is 1. The summed E-state index contributed by atoms with van der Waals surface area (Å²) in [7, 11) is 0. The second-order valence-electron chi connectivity index (χ2n) is 6.83. The van der Waals surface area contributed by atoms with Crippen LogP contribution in [-0.2, 0) is 11.4 Å². The van der Waals surface area contributed by atoms with Crippen LogP contribution in [-0.4, -0.2) is 11.6 Å². The van der Waals surface area contributed by atoms with E-state index in [1.807, 2.05) is 60.7 Å². The minimum Gasteiger partial charge on any atom is -0.489 e. The fourth-order valence-corrected chi connectivity index (χ4v) is 3.60. The van der Waals surface area contributed by atoms with E-state index in [9.17, 15) is 4.79 Å². The van der Waals surface area contributed by atoms with Gasteiger partial charge >= 0.3 is 0 Å². The van der Waals surface area contributed by atoms with Crippen molar-refractivity contribution in [1.82, 2.24) is 0 Å². The Bertz CT molecular complexity index is 1120. The van der Waals surface area contributed by atoms with E-state index in [1.165, 1.54) is 5.01 Å². The van der Waals surface area contributed by atoms with E-state index in [2.05, 4.69) is 5.10 Å². The van der Waals surface area contributed by atoms with Crippen LogP contribution in [0.2, 0.25) is 10.0 Å². The van der Waals surface area contributed by atoms with Gasteiger partial charge in [-0.05, 0) is 54.5 Å². The van der Waals surface area contributed by atoms with Gasteiger partial charge < -0.3 is 4.74 Å². The molecular weight excluding hydrogens is 419 g/mol. The summed E-state index contributed by atoms with van der Waals surface area (Å²) >= 11 is 12.1. The first-order chi connectivity index (χ1) is 14.5. The zero-order chi connectivity index (χ0) is 21.1. The SMILES string of the molecule is CC1=NN(c2cc(Cl)cc(Cl)c2)C(=O)/C1=C/c1ccc(OCc2ccccc2)cc1. The molecule has 0 N–H and O–H groups in total. The molecule has 0 bridgehead atoms. The summed E-state index contributed by atoms with van der Waals surface area (Å²) in [5.41, 5.74) is 3.66. The van der Waals surface area contributed by atoms with Crippen molar-refractivity contribution in [3.05, 3.63) is 99.5 Å². The second-order valence-corrected chi connectivity index (χ2v) is 7.70. The van der Waals surface area contributed by atoms with Gasteiger partial charge in [0.25, 0.3) is 5.91 Å². The lowest BCUT2D eigenvalue weighted by Crippen LogP contribution is -2.21. The topological polar surface area (TPSA) is 41.9 Å². The monoisotopic (exact) mass is 436 g/mol. The summed E-state index contributed by atoms with van der Waals surface area (Å²) < 4.78 is 5.81. The number of rotatable bonds is 5. The zero-order valence-electron chi connectivity index (χ0n) is 16.2. The number of halogens is 2. The van der Waals surface area contributed by atoms with Gasteiger partial charge in [0.15, 0.2) is 0 Å². The summed E-state index contributed by atoms with van der Waals surface area (Å²) in [4.78, 5) is 12.9. The molecule has 3 aromatic carbocycles. The van der Waals surface area contributed by atoms with Crippen LogP contribution in [0.1, 0.15) is 18.1 Å². The van der Waals surface area contributed by atoms with E-state index >= 15 is 0 Å². The third-order valence-electron chi connectivity index (χ3n) is 4.59. The first kappa shape index (κ1) is 20.2. The molecule has 0 radical (unpaired) electrons. The number of nitrogens with zero attached hydrogens (tertiary/aromatic N) is 2. The maximum atomic E-state index is 12.9. The molecule has 1 aliphatic rings. The summed E-state index contributed by atoms with van der Waals surface area (Å²) in [6.07, 6.45) is 1.81. The Labute approximate surface area is 185 Å². The van der Waals surface area contributed by atoms with Gasteiger partial charge in [-0.25, -0.2) is 0 Å². The molecule has 0 saturated heterocycles. The van der Waals surface area contributed by atoms with Crippen LogP contribution in [0.3, 0.4) is 0 Å². The minimum absolute atomic E-state index is 0.227. The van der Waals surface area contributed by atoms with Crippen molar-refractivity contribution < 1.29 is 9.53 Å². The first-order valence-electron chi connectivity index (χ1n) is 9.34. The Kier molecular flexibility index (Phi) is 5.88. The molecule has 0 spiro atoms. The molecule has 1 aliphatic heterocycles. The second kappa shape index (κ2) is 8.74. The van der Waals surface area contributed by atoms with Crippen molar-refractivity contribution in [2.24, 2.45) is 5.10 Å². The van der Waals surface area contributed by atoms with E-state index in [-0.39, 0.29) is 5.91 Å². The number of benzene rings is 3. The number of anilines is 1.